The first-order valence-electron chi connectivity index (χ1n) is 12.4. The number of ketones is 1. The van der Waals surface area contributed by atoms with E-state index in [4.69, 9.17) is 11.6 Å². The summed E-state index contributed by atoms with van der Waals surface area (Å²) in [5.41, 5.74) is 1.35. The van der Waals surface area contributed by atoms with Gasteiger partial charge in [-0.15, -0.1) is 0 Å². The summed E-state index contributed by atoms with van der Waals surface area (Å²) in [6.07, 6.45) is 5.34. The lowest BCUT2D eigenvalue weighted by Crippen LogP contribution is -2.34. The molecule has 1 saturated heterocycles. The minimum atomic E-state index is -0.656. The first kappa shape index (κ1) is 27.4. The third kappa shape index (κ3) is 6.96. The summed E-state index contributed by atoms with van der Waals surface area (Å²) in [5, 5.41) is 11.7. The lowest BCUT2D eigenvalue weighted by atomic mass is 9.95. The van der Waals surface area contributed by atoms with Crippen molar-refractivity contribution in [2.24, 2.45) is 0 Å². The second kappa shape index (κ2) is 13.2. The lowest BCUT2D eigenvalue weighted by molar-refractivity contribution is -0.140. The summed E-state index contributed by atoms with van der Waals surface area (Å²) in [6.45, 7) is 7.77. The van der Waals surface area contributed by atoms with Gasteiger partial charge in [-0.3, -0.25) is 9.59 Å². The molecule has 0 aromatic heterocycles. The molecule has 3 rings (SSSR count). The molecule has 1 heterocycles. The van der Waals surface area contributed by atoms with E-state index in [0.29, 0.717) is 17.1 Å². The summed E-state index contributed by atoms with van der Waals surface area (Å²) in [7, 11) is 0. The highest BCUT2D eigenvalue weighted by molar-refractivity contribution is 9.10. The molecular formula is C28H34BrClN2O3. The number of aliphatic hydroxyl groups excluding tert-OH is 1. The van der Waals surface area contributed by atoms with Gasteiger partial charge in [-0.25, -0.2) is 0 Å². The van der Waals surface area contributed by atoms with E-state index in [9.17, 15) is 14.7 Å². The second-order valence-corrected chi connectivity index (χ2v) is 10.3. The number of unbranched alkanes of at least 4 members (excludes halogenated alkanes) is 2. The quantitative estimate of drug-likeness (QED) is 0.176. The number of carbonyl (C=O) groups is 2. The highest BCUT2D eigenvalue weighted by Crippen LogP contribution is 2.40. The molecule has 0 spiro atoms. The molecule has 1 fully saturated rings. The van der Waals surface area contributed by atoms with Gasteiger partial charge < -0.3 is 14.9 Å². The van der Waals surface area contributed by atoms with E-state index in [1.165, 1.54) is 0 Å². The third-order valence-corrected chi connectivity index (χ3v) is 7.10. The molecule has 5 nitrogen and oxygen atoms in total. The number of halogens is 2. The molecule has 1 amide bonds. The van der Waals surface area contributed by atoms with Crippen LogP contribution in [0.5, 0.6) is 0 Å². The number of amides is 1. The van der Waals surface area contributed by atoms with Crippen LogP contribution in [0.2, 0.25) is 5.02 Å². The Labute approximate surface area is 221 Å². The average molecular weight is 562 g/mol. The van der Waals surface area contributed by atoms with E-state index in [2.05, 4.69) is 34.7 Å². The molecule has 0 radical (unpaired) electrons. The monoisotopic (exact) mass is 560 g/mol. The smallest absolute Gasteiger partial charge is 0.295 e. The van der Waals surface area contributed by atoms with Crippen molar-refractivity contribution in [1.29, 1.82) is 0 Å². The van der Waals surface area contributed by atoms with E-state index in [1.807, 2.05) is 24.3 Å². The predicted molar refractivity (Wildman–Crippen MR) is 145 cm³/mol. The minimum Gasteiger partial charge on any atom is -0.507 e. The Kier molecular flexibility index (Phi) is 10.4. The fraction of sp³-hybridized carbons (Fsp3) is 0.429. The van der Waals surface area contributed by atoms with Gasteiger partial charge in [-0.05, 0) is 80.9 Å². The Balaban J connectivity index is 1.91. The summed E-state index contributed by atoms with van der Waals surface area (Å²) in [6, 6.07) is 13.5. The molecule has 0 bridgehead atoms. The number of hydrogen-bond acceptors (Lipinski definition) is 4. The Hall–Kier alpha value is -2.15. The maximum Gasteiger partial charge on any atom is 0.295 e. The molecule has 0 aliphatic carbocycles. The van der Waals surface area contributed by atoms with Gasteiger partial charge in [0.15, 0.2) is 0 Å². The highest BCUT2D eigenvalue weighted by atomic mass is 79.9. The average Bonchev–Trinajstić information content (AvgIpc) is 3.10. The van der Waals surface area contributed by atoms with Gasteiger partial charge in [0, 0.05) is 21.6 Å². The molecule has 1 aliphatic rings. The van der Waals surface area contributed by atoms with Crippen LogP contribution in [-0.2, 0) is 9.59 Å². The number of benzene rings is 2. The second-order valence-electron chi connectivity index (χ2n) is 8.96. The zero-order valence-electron chi connectivity index (χ0n) is 20.5. The van der Waals surface area contributed by atoms with Crippen LogP contribution < -0.4 is 0 Å². The maximum absolute atomic E-state index is 13.2. The van der Waals surface area contributed by atoms with Crippen molar-refractivity contribution in [2.45, 2.75) is 52.0 Å². The van der Waals surface area contributed by atoms with Gasteiger partial charge in [-0.1, -0.05) is 66.4 Å². The zero-order valence-corrected chi connectivity index (χ0v) is 22.8. The van der Waals surface area contributed by atoms with Gasteiger partial charge in [0.2, 0.25) is 0 Å². The van der Waals surface area contributed by atoms with Gasteiger partial charge in [0.25, 0.3) is 11.7 Å². The number of carbonyl (C=O) groups excluding carboxylic acids is 2. The number of rotatable bonds is 12. The van der Waals surface area contributed by atoms with Gasteiger partial charge in [0.05, 0.1) is 11.6 Å². The van der Waals surface area contributed by atoms with Gasteiger partial charge in [-0.2, -0.15) is 0 Å². The number of nitrogens with zero attached hydrogens (tertiary/aromatic N) is 2. The topological polar surface area (TPSA) is 60.9 Å². The summed E-state index contributed by atoms with van der Waals surface area (Å²) in [4.78, 5) is 30.4. The van der Waals surface area contributed by atoms with Crippen LogP contribution in [-0.4, -0.2) is 52.8 Å². The van der Waals surface area contributed by atoms with Gasteiger partial charge >= 0.3 is 0 Å². The molecule has 0 unspecified atom stereocenters. The first-order chi connectivity index (χ1) is 16.9. The van der Waals surface area contributed by atoms with Gasteiger partial charge in [0.1, 0.15) is 5.76 Å². The molecule has 1 atom stereocenters. The molecule has 188 valence electrons. The predicted octanol–water partition coefficient (Wildman–Crippen LogP) is 6.82. The van der Waals surface area contributed by atoms with Crippen molar-refractivity contribution in [3.05, 3.63) is 74.7 Å². The van der Waals surface area contributed by atoms with E-state index in [0.717, 1.165) is 61.8 Å². The lowest BCUT2D eigenvalue weighted by Gasteiger charge is -2.27. The summed E-state index contributed by atoms with van der Waals surface area (Å²) >= 11 is 9.50. The van der Waals surface area contributed by atoms with Crippen molar-refractivity contribution in [2.75, 3.05) is 26.2 Å². The van der Waals surface area contributed by atoms with Crippen LogP contribution in [0.25, 0.3) is 5.76 Å². The van der Waals surface area contributed by atoms with E-state index >= 15 is 0 Å². The number of likely N-dealkylation sites (tertiary alicyclic amines) is 1. The molecule has 1 aliphatic heterocycles. The van der Waals surface area contributed by atoms with E-state index in [-0.39, 0.29) is 11.3 Å². The van der Waals surface area contributed by atoms with Crippen molar-refractivity contribution >= 4 is 45.0 Å². The van der Waals surface area contributed by atoms with E-state index < -0.39 is 17.7 Å². The van der Waals surface area contributed by atoms with Crippen LogP contribution >= 0.6 is 27.5 Å². The fourth-order valence-electron chi connectivity index (χ4n) is 4.46. The number of Topliss-reactive ketones (excluding diaryl/α,β-unsaturated/α-hetero) is 1. The first-order valence-corrected chi connectivity index (χ1v) is 13.6. The molecular weight excluding hydrogens is 528 g/mol. The van der Waals surface area contributed by atoms with Crippen molar-refractivity contribution in [3.8, 4) is 0 Å². The van der Waals surface area contributed by atoms with E-state index in [1.54, 1.807) is 29.2 Å². The Morgan fingerprint density at radius 2 is 1.63 bits per heavy atom. The molecule has 1 N–H and O–H groups in total. The molecule has 0 saturated carbocycles. The number of hydrogen-bond donors (Lipinski definition) is 1. The van der Waals surface area contributed by atoms with Crippen molar-refractivity contribution in [3.63, 3.8) is 0 Å². The molecule has 7 heteroatoms. The standard InChI is InChI=1S/C28H34BrClN2O3/c1-3-5-15-31(16-6-4-2)17-8-18-32-25(21-9-7-10-22(29)19-21)24(27(34)28(32)35)26(33)20-11-13-23(30)14-12-20/h7,9-14,19,25,33H,3-6,8,15-18H2,1-2H3/t25-/m1/s1. The summed E-state index contributed by atoms with van der Waals surface area (Å²) < 4.78 is 0.845. The molecule has 2 aromatic rings. The van der Waals surface area contributed by atoms with Crippen LogP contribution in [0.3, 0.4) is 0 Å². The largest absolute Gasteiger partial charge is 0.507 e. The van der Waals surface area contributed by atoms with Crippen molar-refractivity contribution in [1.82, 2.24) is 9.80 Å². The highest BCUT2D eigenvalue weighted by Gasteiger charge is 2.45. The van der Waals surface area contributed by atoms with Crippen LogP contribution in [0.1, 0.15) is 63.1 Å². The minimum absolute atomic E-state index is 0.115. The van der Waals surface area contributed by atoms with Crippen LogP contribution in [0, 0.1) is 0 Å². The summed E-state index contributed by atoms with van der Waals surface area (Å²) in [5.74, 6) is -1.41. The molecule has 35 heavy (non-hydrogen) atoms. The zero-order chi connectivity index (χ0) is 25.4. The van der Waals surface area contributed by atoms with Crippen molar-refractivity contribution < 1.29 is 14.7 Å². The SMILES string of the molecule is CCCCN(CCCC)CCCN1C(=O)C(=O)C(=C(O)c2ccc(Cl)cc2)[C@H]1c1cccc(Br)c1. The maximum atomic E-state index is 13.2. The van der Waals surface area contributed by atoms with Crippen LogP contribution in [0.15, 0.2) is 58.6 Å². The molecule has 2 aromatic carbocycles. The Morgan fingerprint density at radius 1 is 1.00 bits per heavy atom. The van der Waals surface area contributed by atoms with Crippen LogP contribution in [0.4, 0.5) is 0 Å². The Bertz CT molecular complexity index is 1050. The number of aliphatic hydroxyl groups is 1. The fourth-order valence-corrected chi connectivity index (χ4v) is 5.00. The third-order valence-electron chi connectivity index (χ3n) is 6.35. The normalized spacial score (nSPS) is 17.5. The Morgan fingerprint density at radius 3 is 2.23 bits per heavy atom.